The minimum atomic E-state index is -0.292. The van der Waals surface area contributed by atoms with Gasteiger partial charge in [0.25, 0.3) is 0 Å². The first-order valence-electron chi connectivity index (χ1n) is 5.96. The van der Waals surface area contributed by atoms with Gasteiger partial charge in [0, 0.05) is 12.1 Å². The predicted molar refractivity (Wildman–Crippen MR) is 73.1 cm³/mol. The molecule has 5 heteroatoms. The molecule has 0 aliphatic carbocycles. The van der Waals surface area contributed by atoms with E-state index in [0.29, 0.717) is 19.8 Å². The Balaban J connectivity index is 2.12. The Hall–Kier alpha value is -0.780. The molecule has 1 aromatic rings. The number of nitrogens with one attached hydrogen (secondary N) is 1. The van der Waals surface area contributed by atoms with Gasteiger partial charge in [0.2, 0.25) is 0 Å². The van der Waals surface area contributed by atoms with Crippen LogP contribution in [0.2, 0.25) is 0 Å². The fourth-order valence-corrected chi connectivity index (χ4v) is 2.27. The molecule has 0 aromatic heterocycles. The fraction of sp³-hybridized carbons (Fsp3) is 0.538. The van der Waals surface area contributed by atoms with Crippen LogP contribution in [0.3, 0.4) is 0 Å². The SMILES string of the molecule is CC(C)(CO)NCc1cc(Br)c2c(c1)OCCO2. The van der Waals surface area contributed by atoms with Crippen LogP contribution < -0.4 is 14.8 Å². The molecule has 0 fully saturated rings. The quantitative estimate of drug-likeness (QED) is 0.893. The van der Waals surface area contributed by atoms with Gasteiger partial charge in [-0.2, -0.15) is 0 Å². The number of ether oxygens (including phenoxy) is 2. The Morgan fingerprint density at radius 1 is 1.33 bits per heavy atom. The summed E-state index contributed by atoms with van der Waals surface area (Å²) in [7, 11) is 0. The van der Waals surface area contributed by atoms with E-state index < -0.39 is 0 Å². The van der Waals surface area contributed by atoms with Crippen LogP contribution in [0.4, 0.5) is 0 Å². The lowest BCUT2D eigenvalue weighted by Gasteiger charge is -2.25. The topological polar surface area (TPSA) is 50.7 Å². The van der Waals surface area contributed by atoms with Crippen LogP contribution in [-0.4, -0.2) is 30.5 Å². The smallest absolute Gasteiger partial charge is 0.175 e. The lowest BCUT2D eigenvalue weighted by atomic mass is 10.1. The summed E-state index contributed by atoms with van der Waals surface area (Å²) < 4.78 is 12.0. The Labute approximate surface area is 115 Å². The highest BCUT2D eigenvalue weighted by Crippen LogP contribution is 2.38. The molecule has 0 bridgehead atoms. The highest BCUT2D eigenvalue weighted by Gasteiger charge is 2.18. The highest BCUT2D eigenvalue weighted by atomic mass is 79.9. The van der Waals surface area contributed by atoms with Crippen LogP contribution in [0.5, 0.6) is 11.5 Å². The summed E-state index contributed by atoms with van der Waals surface area (Å²) >= 11 is 3.49. The number of aliphatic hydroxyl groups excluding tert-OH is 1. The molecule has 1 aliphatic rings. The van der Waals surface area contributed by atoms with Gasteiger partial charge in [-0.15, -0.1) is 0 Å². The molecule has 1 aromatic carbocycles. The van der Waals surface area contributed by atoms with Gasteiger partial charge in [0.05, 0.1) is 11.1 Å². The van der Waals surface area contributed by atoms with Crippen LogP contribution in [0.15, 0.2) is 16.6 Å². The van der Waals surface area contributed by atoms with Crippen LogP contribution >= 0.6 is 15.9 Å². The Kier molecular flexibility index (Phi) is 4.14. The predicted octanol–water partition coefficient (Wildman–Crippen LogP) is 2.08. The average molecular weight is 316 g/mol. The lowest BCUT2D eigenvalue weighted by molar-refractivity contribution is 0.169. The van der Waals surface area contributed by atoms with E-state index >= 15 is 0 Å². The second kappa shape index (κ2) is 5.47. The van der Waals surface area contributed by atoms with Gasteiger partial charge in [-0.05, 0) is 47.5 Å². The molecule has 0 radical (unpaired) electrons. The average Bonchev–Trinajstić information content (AvgIpc) is 2.37. The maximum atomic E-state index is 9.20. The van der Waals surface area contributed by atoms with Crippen molar-refractivity contribution in [3.8, 4) is 11.5 Å². The third-order valence-electron chi connectivity index (χ3n) is 2.82. The third kappa shape index (κ3) is 3.16. The third-order valence-corrected chi connectivity index (χ3v) is 3.41. The molecule has 0 amide bonds. The van der Waals surface area contributed by atoms with Crippen LogP contribution in [0.25, 0.3) is 0 Å². The van der Waals surface area contributed by atoms with Gasteiger partial charge >= 0.3 is 0 Å². The molecular formula is C13H18BrNO3. The lowest BCUT2D eigenvalue weighted by Crippen LogP contribution is -2.42. The van der Waals surface area contributed by atoms with Crippen molar-refractivity contribution >= 4 is 15.9 Å². The number of fused-ring (bicyclic) bond motifs is 1. The number of aliphatic hydroxyl groups is 1. The van der Waals surface area contributed by atoms with Crippen LogP contribution in [0.1, 0.15) is 19.4 Å². The number of hydrogen-bond acceptors (Lipinski definition) is 4. The fourth-order valence-electron chi connectivity index (χ4n) is 1.66. The molecule has 1 aliphatic heterocycles. The largest absolute Gasteiger partial charge is 0.486 e. The summed E-state index contributed by atoms with van der Waals surface area (Å²) in [5.41, 5.74) is 0.798. The zero-order valence-corrected chi connectivity index (χ0v) is 12.2. The maximum Gasteiger partial charge on any atom is 0.175 e. The van der Waals surface area contributed by atoms with E-state index in [1.165, 1.54) is 0 Å². The number of halogens is 1. The highest BCUT2D eigenvalue weighted by molar-refractivity contribution is 9.10. The van der Waals surface area contributed by atoms with Crippen molar-refractivity contribution in [2.24, 2.45) is 0 Å². The first kappa shape index (κ1) is 13.6. The molecule has 0 unspecified atom stereocenters. The van der Waals surface area contributed by atoms with E-state index in [0.717, 1.165) is 21.5 Å². The Morgan fingerprint density at radius 2 is 2.06 bits per heavy atom. The van der Waals surface area contributed by atoms with Crippen molar-refractivity contribution in [2.45, 2.75) is 25.9 Å². The summed E-state index contributed by atoms with van der Waals surface area (Å²) in [5, 5.41) is 12.5. The number of benzene rings is 1. The molecule has 0 saturated carbocycles. The van der Waals surface area contributed by atoms with Gasteiger partial charge in [0.1, 0.15) is 13.2 Å². The van der Waals surface area contributed by atoms with Gasteiger partial charge in [-0.1, -0.05) is 0 Å². The second-order valence-corrected chi connectivity index (χ2v) is 5.85. The zero-order valence-electron chi connectivity index (χ0n) is 10.6. The van der Waals surface area contributed by atoms with Crippen molar-refractivity contribution in [1.82, 2.24) is 5.32 Å². The van der Waals surface area contributed by atoms with Gasteiger partial charge in [-0.25, -0.2) is 0 Å². The molecule has 0 spiro atoms. The summed E-state index contributed by atoms with van der Waals surface area (Å²) in [6.45, 7) is 5.85. The first-order valence-corrected chi connectivity index (χ1v) is 6.75. The molecule has 18 heavy (non-hydrogen) atoms. The van der Waals surface area contributed by atoms with Crippen molar-refractivity contribution in [2.75, 3.05) is 19.8 Å². The van der Waals surface area contributed by atoms with Crippen molar-refractivity contribution in [1.29, 1.82) is 0 Å². The van der Waals surface area contributed by atoms with E-state index in [-0.39, 0.29) is 12.1 Å². The van der Waals surface area contributed by atoms with Crippen LogP contribution in [0, 0.1) is 0 Å². The molecule has 4 nitrogen and oxygen atoms in total. The zero-order chi connectivity index (χ0) is 13.2. The first-order chi connectivity index (χ1) is 8.52. The molecule has 0 atom stereocenters. The molecule has 100 valence electrons. The summed E-state index contributed by atoms with van der Waals surface area (Å²) in [6.07, 6.45) is 0. The van der Waals surface area contributed by atoms with Crippen LogP contribution in [-0.2, 0) is 6.54 Å². The minimum absolute atomic E-state index is 0.0960. The molecule has 1 heterocycles. The Bertz CT molecular complexity index is 434. The standard InChI is InChI=1S/C13H18BrNO3/c1-13(2,8-16)15-7-9-5-10(14)12-11(6-9)17-3-4-18-12/h5-6,15-16H,3-4,7-8H2,1-2H3. The van der Waals surface area contributed by atoms with Gasteiger partial charge in [0.15, 0.2) is 11.5 Å². The number of hydrogen-bond donors (Lipinski definition) is 2. The summed E-state index contributed by atoms with van der Waals surface area (Å²) in [6, 6.07) is 3.98. The summed E-state index contributed by atoms with van der Waals surface area (Å²) in [4.78, 5) is 0. The molecule has 2 N–H and O–H groups in total. The number of rotatable bonds is 4. The van der Waals surface area contributed by atoms with E-state index in [1.54, 1.807) is 0 Å². The second-order valence-electron chi connectivity index (χ2n) is 5.00. The summed E-state index contributed by atoms with van der Waals surface area (Å²) in [5.74, 6) is 1.54. The van der Waals surface area contributed by atoms with E-state index in [9.17, 15) is 5.11 Å². The molecule has 2 rings (SSSR count). The molecular weight excluding hydrogens is 298 g/mol. The van der Waals surface area contributed by atoms with Crippen molar-refractivity contribution in [3.05, 3.63) is 22.2 Å². The maximum absolute atomic E-state index is 9.20. The van der Waals surface area contributed by atoms with E-state index in [4.69, 9.17) is 9.47 Å². The normalized spacial score (nSPS) is 14.7. The minimum Gasteiger partial charge on any atom is -0.486 e. The van der Waals surface area contributed by atoms with Gasteiger partial charge < -0.3 is 19.9 Å². The van der Waals surface area contributed by atoms with E-state index in [1.807, 2.05) is 26.0 Å². The van der Waals surface area contributed by atoms with Crippen molar-refractivity contribution < 1.29 is 14.6 Å². The molecule has 0 saturated heterocycles. The van der Waals surface area contributed by atoms with Crippen molar-refractivity contribution in [3.63, 3.8) is 0 Å². The Morgan fingerprint density at radius 3 is 2.78 bits per heavy atom. The monoisotopic (exact) mass is 315 g/mol. The van der Waals surface area contributed by atoms with E-state index in [2.05, 4.69) is 21.2 Å². The van der Waals surface area contributed by atoms with Gasteiger partial charge in [-0.3, -0.25) is 0 Å².